The summed E-state index contributed by atoms with van der Waals surface area (Å²) >= 11 is 0. The SMILES string of the molecule is [Cu+2].[Cu+2].[N-]=[N+]=[N-].[N-]=[N+]=[N-].[O-]c1ccccc1C=NCCN1CCCCC1.[O-]c1ccccc1C=NCCN1CCCCC1. The first-order valence-electron chi connectivity index (χ1n) is 13.5. The fraction of sp³-hybridized carbons (Fsp3) is 0.500. The Balaban J connectivity index is 0. The maximum absolute atomic E-state index is 11.4. The van der Waals surface area contributed by atoms with Gasteiger partial charge in [-0.1, -0.05) is 61.4 Å². The van der Waals surface area contributed by atoms with Crippen molar-refractivity contribution < 1.29 is 44.4 Å². The second-order valence-electron chi connectivity index (χ2n) is 9.13. The van der Waals surface area contributed by atoms with E-state index in [9.17, 15) is 10.2 Å². The van der Waals surface area contributed by atoms with Crippen LogP contribution < -0.4 is 10.2 Å². The normalized spacial score (nSPS) is 14.7. The third-order valence-corrected chi connectivity index (χ3v) is 6.29. The van der Waals surface area contributed by atoms with Gasteiger partial charge in [0.05, 0.1) is 13.1 Å². The molecule has 0 atom stereocenters. The number of likely N-dealkylation sites (tertiary alicyclic amines) is 2. The van der Waals surface area contributed by atoms with E-state index < -0.39 is 0 Å². The topological polar surface area (TPSA) is 195 Å². The number of nitrogens with zero attached hydrogens (tertiary/aromatic N) is 10. The average molecular weight is 674 g/mol. The maximum atomic E-state index is 11.4. The Morgan fingerprint density at radius 1 is 0.595 bits per heavy atom. The molecule has 0 unspecified atom stereocenters. The van der Waals surface area contributed by atoms with E-state index in [1.165, 1.54) is 74.5 Å². The molecule has 0 aromatic heterocycles. The number of para-hydroxylation sites is 2. The van der Waals surface area contributed by atoms with Gasteiger partial charge in [-0.2, -0.15) is 0 Å². The number of piperidine rings is 2. The van der Waals surface area contributed by atoms with Crippen molar-refractivity contribution in [1.29, 1.82) is 0 Å². The predicted octanol–water partition coefficient (Wildman–Crippen LogP) is 5.06. The molecule has 2 aliphatic heterocycles. The van der Waals surface area contributed by atoms with Gasteiger partial charge < -0.3 is 42.1 Å². The molecule has 0 aliphatic carbocycles. The van der Waals surface area contributed by atoms with Gasteiger partial charge in [0.1, 0.15) is 0 Å². The monoisotopic (exact) mass is 672 g/mol. The largest absolute Gasteiger partial charge is 2.00 e. The number of aliphatic imine (C=N–C) groups is 2. The average Bonchev–Trinajstić information content (AvgIpc) is 2.98. The van der Waals surface area contributed by atoms with Crippen LogP contribution in [0.15, 0.2) is 58.5 Å². The minimum atomic E-state index is 0. The second-order valence-corrected chi connectivity index (χ2v) is 9.13. The fourth-order valence-electron chi connectivity index (χ4n) is 4.26. The van der Waals surface area contributed by atoms with Crippen molar-refractivity contribution in [2.24, 2.45) is 9.98 Å². The predicted molar refractivity (Wildman–Crippen MR) is 157 cm³/mol. The summed E-state index contributed by atoms with van der Waals surface area (Å²) in [5.41, 5.74) is 28.4. The van der Waals surface area contributed by atoms with Crippen LogP contribution in [0.5, 0.6) is 11.5 Å². The number of hydrogen-bond donors (Lipinski definition) is 0. The van der Waals surface area contributed by atoms with E-state index in [2.05, 4.69) is 19.8 Å². The zero-order chi connectivity index (χ0) is 29.3. The quantitative estimate of drug-likeness (QED) is 0.124. The summed E-state index contributed by atoms with van der Waals surface area (Å²) in [6, 6.07) is 14.0. The molecule has 14 heteroatoms. The van der Waals surface area contributed by atoms with Crippen molar-refractivity contribution in [3.63, 3.8) is 0 Å². The maximum Gasteiger partial charge on any atom is 2.00 e. The van der Waals surface area contributed by atoms with Crippen molar-refractivity contribution in [3.8, 4) is 11.5 Å². The Hall–Kier alpha value is -3.04. The van der Waals surface area contributed by atoms with Gasteiger partial charge in [-0.3, -0.25) is 19.8 Å². The van der Waals surface area contributed by atoms with Crippen molar-refractivity contribution >= 4 is 12.4 Å². The Bertz CT molecular complexity index is 994. The van der Waals surface area contributed by atoms with Gasteiger partial charge in [0, 0.05) is 25.5 Å². The summed E-state index contributed by atoms with van der Waals surface area (Å²) in [6.07, 6.45) is 11.4. The molecule has 2 aliphatic rings. The molecule has 2 saturated heterocycles. The van der Waals surface area contributed by atoms with Crippen molar-refractivity contribution in [3.05, 3.63) is 91.6 Å². The minimum Gasteiger partial charge on any atom is -0.872 e. The van der Waals surface area contributed by atoms with E-state index in [1.54, 1.807) is 36.7 Å². The summed E-state index contributed by atoms with van der Waals surface area (Å²) in [4.78, 5) is 16.6. The van der Waals surface area contributed by atoms with Gasteiger partial charge in [0.15, 0.2) is 0 Å². The van der Waals surface area contributed by atoms with Crippen LogP contribution >= 0.6 is 0 Å². The van der Waals surface area contributed by atoms with Crippen LogP contribution in [0.1, 0.15) is 49.7 Å². The molecule has 2 aromatic rings. The standard InChI is InChI=1S/2C14H20N2O.2Cu.2N3/c2*17-14-7-3-2-6-13(14)12-15-8-11-16-9-4-1-5-10-16;;;2*1-3-2/h2*2-3,6-7,12,17H,1,4-5,8-11H2;;;;/q;;2*+2;2*-1/p-2. The summed E-state index contributed by atoms with van der Waals surface area (Å²) < 4.78 is 0. The van der Waals surface area contributed by atoms with Gasteiger partial charge in [0.25, 0.3) is 0 Å². The Morgan fingerprint density at radius 3 is 1.21 bits per heavy atom. The van der Waals surface area contributed by atoms with E-state index in [0.717, 1.165) is 26.2 Å². The van der Waals surface area contributed by atoms with Crippen LogP contribution in [0.4, 0.5) is 0 Å². The van der Waals surface area contributed by atoms with E-state index in [1.807, 2.05) is 24.3 Å². The van der Waals surface area contributed by atoms with Gasteiger partial charge in [-0.15, -0.1) is 11.5 Å². The molecule has 42 heavy (non-hydrogen) atoms. The van der Waals surface area contributed by atoms with Gasteiger partial charge in [-0.05, 0) is 63.0 Å². The summed E-state index contributed by atoms with van der Waals surface area (Å²) in [5.74, 6) is 0.100. The summed E-state index contributed by atoms with van der Waals surface area (Å²) in [6.45, 7) is 8.40. The first kappa shape index (κ1) is 41.1. The van der Waals surface area contributed by atoms with E-state index in [4.69, 9.17) is 22.1 Å². The third kappa shape index (κ3) is 19.9. The number of benzene rings is 2. The molecule has 0 spiro atoms. The summed E-state index contributed by atoms with van der Waals surface area (Å²) in [7, 11) is 0. The Labute approximate surface area is 269 Å². The molecule has 0 bridgehead atoms. The van der Waals surface area contributed by atoms with Crippen molar-refractivity contribution in [1.82, 2.24) is 9.80 Å². The molecular weight excluding hydrogens is 635 g/mol. The second kappa shape index (κ2) is 28.1. The van der Waals surface area contributed by atoms with Crippen molar-refractivity contribution in [2.75, 3.05) is 52.4 Å². The third-order valence-electron chi connectivity index (χ3n) is 6.29. The van der Waals surface area contributed by atoms with Crippen LogP contribution in [0.3, 0.4) is 0 Å². The van der Waals surface area contributed by atoms with Crippen molar-refractivity contribution in [2.45, 2.75) is 38.5 Å². The molecule has 2 aromatic carbocycles. The molecule has 0 saturated carbocycles. The molecule has 2 fully saturated rings. The van der Waals surface area contributed by atoms with Gasteiger partial charge in [0.2, 0.25) is 0 Å². The molecular formula is C28H38Cu2N10O2. The van der Waals surface area contributed by atoms with Crippen LogP contribution in [0.2, 0.25) is 0 Å². The zero-order valence-electron chi connectivity index (χ0n) is 23.6. The number of rotatable bonds is 8. The van der Waals surface area contributed by atoms with Crippen LogP contribution in [0.25, 0.3) is 31.9 Å². The fourth-order valence-corrected chi connectivity index (χ4v) is 4.26. The van der Waals surface area contributed by atoms with E-state index >= 15 is 0 Å². The zero-order valence-corrected chi connectivity index (χ0v) is 25.4. The van der Waals surface area contributed by atoms with E-state index in [0.29, 0.717) is 11.1 Å². The molecule has 234 valence electrons. The first-order chi connectivity index (χ1) is 19.5. The van der Waals surface area contributed by atoms with Gasteiger partial charge >= 0.3 is 34.1 Å². The van der Waals surface area contributed by atoms with E-state index in [-0.39, 0.29) is 45.6 Å². The van der Waals surface area contributed by atoms with Crippen LogP contribution in [0, 0.1) is 0 Å². The molecule has 2 radical (unpaired) electrons. The molecule has 0 N–H and O–H groups in total. The summed E-state index contributed by atoms with van der Waals surface area (Å²) in [5, 5.41) is 22.8. The minimum absolute atomic E-state index is 0. The molecule has 2 heterocycles. The molecule has 4 rings (SSSR count). The Morgan fingerprint density at radius 2 is 0.905 bits per heavy atom. The smallest absolute Gasteiger partial charge is 0.872 e. The van der Waals surface area contributed by atoms with Crippen LogP contribution in [-0.4, -0.2) is 74.6 Å². The first-order valence-corrected chi connectivity index (χ1v) is 13.5. The Kier molecular flexibility index (Phi) is 27.5. The molecule has 12 nitrogen and oxygen atoms in total. The number of hydrogen-bond acceptors (Lipinski definition) is 6. The molecule has 0 amide bonds. The van der Waals surface area contributed by atoms with Crippen LogP contribution in [-0.2, 0) is 34.1 Å². The van der Waals surface area contributed by atoms with Gasteiger partial charge in [-0.25, -0.2) is 0 Å².